The second-order valence-electron chi connectivity index (χ2n) is 4.72. The van der Waals surface area contributed by atoms with E-state index in [2.05, 4.69) is 0 Å². The zero-order chi connectivity index (χ0) is 12.3. The molecule has 0 unspecified atom stereocenters. The van der Waals surface area contributed by atoms with Gasteiger partial charge in [-0.15, -0.1) is 11.3 Å². The number of aliphatic hydroxyl groups is 1. The van der Waals surface area contributed by atoms with E-state index >= 15 is 0 Å². The Labute approximate surface area is 106 Å². The highest BCUT2D eigenvalue weighted by atomic mass is 32.1. The Morgan fingerprint density at radius 1 is 1.47 bits per heavy atom. The Bertz CT molecular complexity index is 356. The Hall–Kier alpha value is -0.870. The second-order valence-corrected chi connectivity index (χ2v) is 5.76. The topological polar surface area (TPSA) is 40.5 Å². The van der Waals surface area contributed by atoms with Crippen LogP contribution in [0.4, 0.5) is 0 Å². The summed E-state index contributed by atoms with van der Waals surface area (Å²) >= 11 is 1.63. The normalized spacial score (nSPS) is 24.6. The molecule has 3 nitrogen and oxygen atoms in total. The largest absolute Gasteiger partial charge is 0.393 e. The number of hydrogen-bond acceptors (Lipinski definition) is 3. The van der Waals surface area contributed by atoms with Crippen molar-refractivity contribution in [2.45, 2.75) is 44.2 Å². The van der Waals surface area contributed by atoms with Crippen LogP contribution < -0.4 is 0 Å². The fourth-order valence-electron chi connectivity index (χ4n) is 2.34. The molecule has 1 aliphatic rings. The molecule has 1 aromatic heterocycles. The van der Waals surface area contributed by atoms with E-state index in [1.807, 2.05) is 29.5 Å². The fourth-order valence-corrected chi connectivity index (χ4v) is 3.03. The first-order chi connectivity index (χ1) is 8.16. The monoisotopic (exact) mass is 253 g/mol. The lowest BCUT2D eigenvalue weighted by molar-refractivity contribution is -0.132. The van der Waals surface area contributed by atoms with Crippen LogP contribution >= 0.6 is 11.3 Å². The van der Waals surface area contributed by atoms with Crippen LogP contribution in [0.2, 0.25) is 0 Å². The van der Waals surface area contributed by atoms with E-state index in [9.17, 15) is 9.90 Å². The molecule has 0 spiro atoms. The minimum Gasteiger partial charge on any atom is -0.393 e. The molecule has 4 heteroatoms. The van der Waals surface area contributed by atoms with Gasteiger partial charge in [-0.05, 0) is 37.1 Å². The summed E-state index contributed by atoms with van der Waals surface area (Å²) in [6.07, 6.45) is 3.84. The molecule has 1 fully saturated rings. The molecule has 1 amide bonds. The molecule has 1 aromatic rings. The van der Waals surface area contributed by atoms with Crippen molar-refractivity contribution in [1.29, 1.82) is 0 Å². The molecule has 1 aliphatic carbocycles. The van der Waals surface area contributed by atoms with E-state index in [1.165, 1.54) is 0 Å². The fraction of sp³-hybridized carbons (Fsp3) is 0.615. The number of carbonyl (C=O) groups excluding carboxylic acids is 1. The van der Waals surface area contributed by atoms with E-state index in [1.54, 1.807) is 11.3 Å². The first-order valence-electron chi connectivity index (χ1n) is 6.13. The maximum absolute atomic E-state index is 12.1. The minimum atomic E-state index is -0.160. The molecule has 0 atom stereocenters. The summed E-state index contributed by atoms with van der Waals surface area (Å²) in [6, 6.07) is 4.29. The van der Waals surface area contributed by atoms with Gasteiger partial charge in [0.05, 0.1) is 12.5 Å². The van der Waals surface area contributed by atoms with E-state index in [0.29, 0.717) is 12.5 Å². The van der Waals surface area contributed by atoms with Gasteiger partial charge >= 0.3 is 0 Å². The Morgan fingerprint density at radius 3 is 2.76 bits per heavy atom. The smallest absolute Gasteiger partial charge is 0.227 e. The zero-order valence-electron chi connectivity index (χ0n) is 10.1. The van der Waals surface area contributed by atoms with Gasteiger partial charge in [0.25, 0.3) is 0 Å². The van der Waals surface area contributed by atoms with Crippen LogP contribution in [0.25, 0.3) is 0 Å². The molecule has 2 rings (SSSR count). The van der Waals surface area contributed by atoms with Crippen LogP contribution in [-0.2, 0) is 11.2 Å². The van der Waals surface area contributed by atoms with Crippen LogP contribution in [0.5, 0.6) is 0 Å². The summed E-state index contributed by atoms with van der Waals surface area (Å²) in [6.45, 7) is 0. The SMILES string of the molecule is CN(C(=O)Cc1cccs1)C1CCC(O)CC1. The summed E-state index contributed by atoms with van der Waals surface area (Å²) < 4.78 is 0. The van der Waals surface area contributed by atoms with Crippen LogP contribution in [0.3, 0.4) is 0 Å². The Balaban J connectivity index is 1.86. The number of rotatable bonds is 3. The highest BCUT2D eigenvalue weighted by Crippen LogP contribution is 2.23. The number of amides is 1. The molecule has 0 aromatic carbocycles. The Kier molecular flexibility index (Phi) is 4.18. The van der Waals surface area contributed by atoms with Gasteiger partial charge in [0.15, 0.2) is 0 Å². The van der Waals surface area contributed by atoms with E-state index in [0.717, 1.165) is 30.6 Å². The molecule has 0 radical (unpaired) electrons. The lowest BCUT2D eigenvalue weighted by Crippen LogP contribution is -2.40. The molecule has 1 heterocycles. The average molecular weight is 253 g/mol. The molecular formula is C13H19NO2S. The van der Waals surface area contributed by atoms with Crippen LogP contribution in [0.15, 0.2) is 17.5 Å². The minimum absolute atomic E-state index is 0.160. The van der Waals surface area contributed by atoms with Gasteiger partial charge in [-0.2, -0.15) is 0 Å². The third-order valence-corrected chi connectivity index (χ3v) is 4.39. The first-order valence-corrected chi connectivity index (χ1v) is 7.01. The number of thiophene rings is 1. The number of aliphatic hydroxyl groups excluding tert-OH is 1. The summed E-state index contributed by atoms with van der Waals surface area (Å²) in [5.41, 5.74) is 0. The second kappa shape index (κ2) is 5.65. The van der Waals surface area contributed by atoms with Gasteiger partial charge < -0.3 is 10.0 Å². The molecular weight excluding hydrogens is 234 g/mol. The van der Waals surface area contributed by atoms with Crippen LogP contribution in [0, 0.1) is 0 Å². The van der Waals surface area contributed by atoms with Crippen molar-refractivity contribution in [3.8, 4) is 0 Å². The first kappa shape index (κ1) is 12.6. The molecule has 0 aliphatic heterocycles. The van der Waals surface area contributed by atoms with Gasteiger partial charge in [0, 0.05) is 18.0 Å². The van der Waals surface area contributed by atoms with Crippen molar-refractivity contribution in [3.63, 3.8) is 0 Å². The number of hydrogen-bond donors (Lipinski definition) is 1. The molecule has 94 valence electrons. The molecule has 1 N–H and O–H groups in total. The average Bonchev–Trinajstić information content (AvgIpc) is 2.82. The number of carbonyl (C=O) groups is 1. The summed E-state index contributed by atoms with van der Waals surface area (Å²) in [5, 5.41) is 11.5. The zero-order valence-corrected chi connectivity index (χ0v) is 10.9. The predicted molar refractivity (Wildman–Crippen MR) is 69.1 cm³/mol. The Morgan fingerprint density at radius 2 is 2.18 bits per heavy atom. The lowest BCUT2D eigenvalue weighted by atomic mass is 9.92. The standard InChI is InChI=1S/C13H19NO2S/c1-14(10-4-6-11(15)7-5-10)13(16)9-12-3-2-8-17-12/h2-3,8,10-11,15H,4-7,9H2,1H3. The summed E-state index contributed by atoms with van der Waals surface area (Å²) in [4.78, 5) is 15.1. The van der Waals surface area contributed by atoms with Gasteiger partial charge in [-0.25, -0.2) is 0 Å². The van der Waals surface area contributed by atoms with Crippen LogP contribution in [0.1, 0.15) is 30.6 Å². The van der Waals surface area contributed by atoms with E-state index < -0.39 is 0 Å². The van der Waals surface area contributed by atoms with E-state index in [-0.39, 0.29) is 12.0 Å². The van der Waals surface area contributed by atoms with Gasteiger partial charge in [0.1, 0.15) is 0 Å². The molecule has 0 bridgehead atoms. The van der Waals surface area contributed by atoms with Gasteiger partial charge in [0.2, 0.25) is 5.91 Å². The number of nitrogens with zero attached hydrogens (tertiary/aromatic N) is 1. The summed E-state index contributed by atoms with van der Waals surface area (Å²) in [7, 11) is 1.89. The highest BCUT2D eigenvalue weighted by molar-refractivity contribution is 7.10. The highest BCUT2D eigenvalue weighted by Gasteiger charge is 2.25. The third kappa shape index (κ3) is 3.30. The third-order valence-electron chi connectivity index (χ3n) is 3.51. The summed E-state index contributed by atoms with van der Waals surface area (Å²) in [5.74, 6) is 0.189. The maximum atomic E-state index is 12.1. The van der Waals surface area contributed by atoms with Crippen molar-refractivity contribution in [1.82, 2.24) is 4.90 Å². The molecule has 17 heavy (non-hydrogen) atoms. The maximum Gasteiger partial charge on any atom is 0.227 e. The van der Waals surface area contributed by atoms with E-state index in [4.69, 9.17) is 0 Å². The molecule has 1 saturated carbocycles. The van der Waals surface area contributed by atoms with Crippen molar-refractivity contribution >= 4 is 17.2 Å². The van der Waals surface area contributed by atoms with Crippen molar-refractivity contribution in [2.24, 2.45) is 0 Å². The quantitative estimate of drug-likeness (QED) is 0.895. The van der Waals surface area contributed by atoms with Crippen LogP contribution in [-0.4, -0.2) is 35.1 Å². The van der Waals surface area contributed by atoms with Crippen molar-refractivity contribution in [2.75, 3.05) is 7.05 Å². The van der Waals surface area contributed by atoms with Gasteiger partial charge in [-0.1, -0.05) is 6.07 Å². The van der Waals surface area contributed by atoms with Crippen molar-refractivity contribution in [3.05, 3.63) is 22.4 Å². The van der Waals surface area contributed by atoms with Gasteiger partial charge in [-0.3, -0.25) is 4.79 Å². The van der Waals surface area contributed by atoms with Crippen molar-refractivity contribution < 1.29 is 9.90 Å². The predicted octanol–water partition coefficient (Wildman–Crippen LogP) is 2.05. The number of likely N-dealkylation sites (N-methyl/N-ethyl adjacent to an activating group) is 1. The molecule has 0 saturated heterocycles. The lowest BCUT2D eigenvalue weighted by Gasteiger charge is -2.33.